The summed E-state index contributed by atoms with van der Waals surface area (Å²) < 4.78 is 2.31. The average Bonchev–Trinajstić information content (AvgIpc) is 3.93. The molecule has 0 N–H and O–H groups in total. The van der Waals surface area contributed by atoms with E-state index in [1.54, 1.807) is 22.7 Å². The summed E-state index contributed by atoms with van der Waals surface area (Å²) in [4.78, 5) is 22.3. The lowest BCUT2D eigenvalue weighted by molar-refractivity contribution is 0.104. The molecule has 5 heteroatoms. The number of nitrogens with zero attached hydrogens (tertiary/aromatic N) is 2. The summed E-state index contributed by atoms with van der Waals surface area (Å²) in [5, 5.41) is 2.09. The predicted molar refractivity (Wildman–Crippen MR) is 197 cm³/mol. The van der Waals surface area contributed by atoms with E-state index >= 15 is 4.79 Å². The fourth-order valence-electron chi connectivity index (χ4n) is 7.31. The summed E-state index contributed by atoms with van der Waals surface area (Å²) in [6.07, 6.45) is 7.44. The Morgan fingerprint density at radius 3 is 1.33 bits per heavy atom. The standard InChI is InChI=1S/C41H40N2OS2/c44-39(37-33-9-1-3-11-35(33)45-40(37)31-17-13-29(14-18-31)21-27-42-23-5-6-24-42)38-34-10-2-4-12-36(34)46-41(38)32-19-15-30(16-20-32)22-28-43-25-7-8-26-43/h1-4,9-20H,5-8,21-28H2. The molecule has 2 aromatic heterocycles. The van der Waals surface area contributed by atoms with Crippen LogP contribution in [0.2, 0.25) is 0 Å². The number of hydrogen-bond acceptors (Lipinski definition) is 5. The molecular formula is C41H40N2OS2. The lowest BCUT2D eigenvalue weighted by Crippen LogP contribution is -2.21. The van der Waals surface area contributed by atoms with Crippen LogP contribution in [0.1, 0.15) is 52.7 Å². The van der Waals surface area contributed by atoms with Crippen LogP contribution in [0.25, 0.3) is 41.1 Å². The molecule has 232 valence electrons. The maximum Gasteiger partial charge on any atom is 0.197 e. The molecule has 0 unspecified atom stereocenters. The van der Waals surface area contributed by atoms with Crippen molar-refractivity contribution in [2.75, 3.05) is 39.3 Å². The highest BCUT2D eigenvalue weighted by Gasteiger charge is 2.27. The van der Waals surface area contributed by atoms with Crippen LogP contribution >= 0.6 is 22.7 Å². The van der Waals surface area contributed by atoms with E-state index in [1.807, 2.05) is 0 Å². The molecule has 46 heavy (non-hydrogen) atoms. The van der Waals surface area contributed by atoms with E-state index in [0.29, 0.717) is 0 Å². The molecule has 3 nitrogen and oxygen atoms in total. The topological polar surface area (TPSA) is 23.6 Å². The number of carbonyl (C=O) groups is 1. The van der Waals surface area contributed by atoms with E-state index in [-0.39, 0.29) is 5.78 Å². The Morgan fingerprint density at radius 2 is 0.913 bits per heavy atom. The van der Waals surface area contributed by atoms with E-state index in [0.717, 1.165) is 78.1 Å². The van der Waals surface area contributed by atoms with Gasteiger partial charge in [0.1, 0.15) is 0 Å². The summed E-state index contributed by atoms with van der Waals surface area (Å²) >= 11 is 3.47. The second kappa shape index (κ2) is 13.2. The normalized spacial score (nSPS) is 15.8. The highest BCUT2D eigenvalue weighted by Crippen LogP contribution is 2.45. The number of ketones is 1. The second-order valence-electron chi connectivity index (χ2n) is 12.9. The van der Waals surface area contributed by atoms with Crippen LogP contribution in [0.4, 0.5) is 0 Å². The molecule has 0 amide bonds. The van der Waals surface area contributed by atoms with Gasteiger partial charge >= 0.3 is 0 Å². The molecule has 2 aliphatic rings. The number of likely N-dealkylation sites (tertiary alicyclic amines) is 2. The van der Waals surface area contributed by atoms with Gasteiger partial charge in [-0.05, 0) is 99.1 Å². The van der Waals surface area contributed by atoms with E-state index in [1.165, 1.54) is 63.0 Å². The third-order valence-corrected chi connectivity index (χ3v) is 12.3. The Morgan fingerprint density at radius 1 is 0.522 bits per heavy atom. The minimum Gasteiger partial charge on any atom is -0.303 e. The van der Waals surface area contributed by atoms with Gasteiger partial charge in [0.25, 0.3) is 0 Å². The van der Waals surface area contributed by atoms with Crippen LogP contribution in [-0.4, -0.2) is 54.9 Å². The lowest BCUT2D eigenvalue weighted by Gasteiger charge is -2.14. The Bertz CT molecular complexity index is 1830. The number of hydrogen-bond donors (Lipinski definition) is 0. The van der Waals surface area contributed by atoms with Crippen LogP contribution in [0.3, 0.4) is 0 Å². The summed E-state index contributed by atoms with van der Waals surface area (Å²) in [6, 6.07) is 34.8. The zero-order valence-electron chi connectivity index (χ0n) is 26.3. The largest absolute Gasteiger partial charge is 0.303 e. The quantitative estimate of drug-likeness (QED) is 0.139. The summed E-state index contributed by atoms with van der Waals surface area (Å²) in [5.41, 5.74) is 6.63. The van der Waals surface area contributed by atoms with Gasteiger partial charge in [0, 0.05) is 54.1 Å². The summed E-state index contributed by atoms with van der Waals surface area (Å²) in [6.45, 7) is 7.17. The number of rotatable bonds is 10. The highest BCUT2D eigenvalue weighted by molar-refractivity contribution is 7.23. The van der Waals surface area contributed by atoms with Crippen molar-refractivity contribution in [2.24, 2.45) is 0 Å². The molecule has 0 aliphatic carbocycles. The van der Waals surface area contributed by atoms with Crippen LogP contribution < -0.4 is 0 Å². The number of benzene rings is 4. The van der Waals surface area contributed by atoms with Gasteiger partial charge in [-0.15, -0.1) is 22.7 Å². The Labute approximate surface area is 280 Å². The lowest BCUT2D eigenvalue weighted by atomic mass is 9.93. The third kappa shape index (κ3) is 5.98. The molecule has 0 atom stereocenters. The van der Waals surface area contributed by atoms with E-state index in [4.69, 9.17) is 0 Å². The molecule has 4 aromatic carbocycles. The molecule has 2 fully saturated rings. The van der Waals surface area contributed by atoms with E-state index < -0.39 is 0 Å². The molecule has 8 rings (SSSR count). The van der Waals surface area contributed by atoms with Crippen LogP contribution in [0, 0.1) is 0 Å². The minimum atomic E-state index is 0.121. The van der Waals surface area contributed by atoms with Crippen molar-refractivity contribution in [1.29, 1.82) is 0 Å². The van der Waals surface area contributed by atoms with Crippen molar-refractivity contribution in [1.82, 2.24) is 9.80 Å². The number of fused-ring (bicyclic) bond motifs is 2. The average molecular weight is 641 g/mol. The van der Waals surface area contributed by atoms with Crippen molar-refractivity contribution in [2.45, 2.75) is 38.5 Å². The van der Waals surface area contributed by atoms with E-state index in [9.17, 15) is 0 Å². The van der Waals surface area contributed by atoms with Gasteiger partial charge in [-0.25, -0.2) is 0 Å². The van der Waals surface area contributed by atoms with Gasteiger partial charge in [-0.3, -0.25) is 4.79 Å². The Balaban J connectivity index is 1.15. The first kappa shape index (κ1) is 29.8. The summed E-state index contributed by atoms with van der Waals surface area (Å²) in [5.74, 6) is 0.121. The van der Waals surface area contributed by atoms with Gasteiger partial charge < -0.3 is 9.80 Å². The van der Waals surface area contributed by atoms with Crippen molar-refractivity contribution >= 4 is 48.6 Å². The second-order valence-corrected chi connectivity index (χ2v) is 15.0. The van der Waals surface area contributed by atoms with Gasteiger partial charge in [-0.1, -0.05) is 84.9 Å². The zero-order valence-corrected chi connectivity index (χ0v) is 28.0. The molecule has 2 saturated heterocycles. The van der Waals surface area contributed by atoms with Crippen molar-refractivity contribution in [3.63, 3.8) is 0 Å². The van der Waals surface area contributed by atoms with Crippen molar-refractivity contribution < 1.29 is 4.79 Å². The van der Waals surface area contributed by atoms with Crippen molar-refractivity contribution in [3.05, 3.63) is 119 Å². The predicted octanol–water partition coefficient (Wildman–Crippen LogP) is 9.96. The maximum absolute atomic E-state index is 15.0. The van der Waals surface area contributed by atoms with Gasteiger partial charge in [-0.2, -0.15) is 0 Å². The van der Waals surface area contributed by atoms with Gasteiger partial charge in [0.15, 0.2) is 5.78 Å². The van der Waals surface area contributed by atoms with Crippen molar-refractivity contribution in [3.8, 4) is 20.9 Å². The molecule has 0 spiro atoms. The fraction of sp³-hybridized carbons (Fsp3) is 0.293. The zero-order chi connectivity index (χ0) is 30.9. The molecular weight excluding hydrogens is 601 g/mol. The molecule has 4 heterocycles. The number of thiophene rings is 2. The Kier molecular flexibility index (Phi) is 8.57. The van der Waals surface area contributed by atoms with Gasteiger partial charge in [0.2, 0.25) is 0 Å². The SMILES string of the molecule is O=C(c1c(-c2ccc(CCN3CCCC3)cc2)sc2ccccc12)c1c(-c2ccc(CCN3CCCC3)cc2)sc2ccccc12. The first-order valence-electron chi connectivity index (χ1n) is 16.9. The molecule has 0 bridgehead atoms. The molecule has 2 aliphatic heterocycles. The highest BCUT2D eigenvalue weighted by atomic mass is 32.1. The van der Waals surface area contributed by atoms with Gasteiger partial charge in [0.05, 0.1) is 0 Å². The smallest absolute Gasteiger partial charge is 0.197 e. The first-order chi connectivity index (χ1) is 22.7. The number of carbonyl (C=O) groups excluding carboxylic acids is 1. The molecule has 0 saturated carbocycles. The summed E-state index contributed by atoms with van der Waals surface area (Å²) in [7, 11) is 0. The monoisotopic (exact) mass is 640 g/mol. The Hall–Kier alpha value is -3.61. The van der Waals surface area contributed by atoms with Crippen LogP contribution in [0.5, 0.6) is 0 Å². The molecule has 0 radical (unpaired) electrons. The maximum atomic E-state index is 15.0. The molecule has 6 aromatic rings. The first-order valence-corrected chi connectivity index (χ1v) is 18.6. The van der Waals surface area contributed by atoms with E-state index in [2.05, 4.69) is 107 Å². The third-order valence-electron chi connectivity index (χ3n) is 9.91. The fourth-order valence-corrected chi connectivity index (χ4v) is 9.72. The minimum absolute atomic E-state index is 0.121. The van der Waals surface area contributed by atoms with Crippen LogP contribution in [-0.2, 0) is 12.8 Å². The van der Waals surface area contributed by atoms with Crippen LogP contribution in [0.15, 0.2) is 97.1 Å².